The van der Waals surface area contributed by atoms with Crippen LogP contribution in [0.25, 0.3) is 11.9 Å². The van der Waals surface area contributed by atoms with Crippen molar-refractivity contribution in [2.24, 2.45) is 0 Å². The topological polar surface area (TPSA) is 79.9 Å². The molecule has 0 saturated carbocycles. The summed E-state index contributed by atoms with van der Waals surface area (Å²) < 4.78 is 7.14. The second-order valence-corrected chi connectivity index (χ2v) is 6.21. The summed E-state index contributed by atoms with van der Waals surface area (Å²) in [6, 6.07) is 16.6. The number of rotatable bonds is 5. The van der Waals surface area contributed by atoms with E-state index in [1.807, 2.05) is 48.7 Å². The lowest BCUT2D eigenvalue weighted by Crippen LogP contribution is -2.13. The first-order valence-electron chi connectivity index (χ1n) is 8.71. The van der Waals surface area contributed by atoms with E-state index in [1.165, 1.54) is 0 Å². The van der Waals surface area contributed by atoms with Gasteiger partial charge < -0.3 is 14.6 Å². The number of benzene rings is 1. The number of pyridine rings is 1. The normalized spacial score (nSPS) is 11.0. The van der Waals surface area contributed by atoms with Crippen LogP contribution in [0.3, 0.4) is 0 Å². The third-order valence-electron chi connectivity index (χ3n) is 4.34. The van der Waals surface area contributed by atoms with Gasteiger partial charge in [-0.25, -0.2) is 4.98 Å². The molecule has 6 nitrogen and oxygen atoms in total. The Hall–Kier alpha value is -3.85. The average Bonchev–Trinajstić information content (AvgIpc) is 2.99. The Labute approximate surface area is 163 Å². The van der Waals surface area contributed by atoms with E-state index in [9.17, 15) is 10.1 Å². The molecule has 6 heteroatoms. The Morgan fingerprint density at radius 3 is 2.71 bits per heavy atom. The fraction of sp³-hybridized carbons (Fsp3) is 0.136. The van der Waals surface area contributed by atoms with E-state index in [2.05, 4.69) is 10.3 Å². The van der Waals surface area contributed by atoms with E-state index in [1.54, 1.807) is 43.6 Å². The minimum absolute atomic E-state index is 0.0177. The second kappa shape index (κ2) is 8.23. The summed E-state index contributed by atoms with van der Waals surface area (Å²) in [7, 11) is 1.55. The number of ether oxygens (including phenoxy) is 1. The highest BCUT2D eigenvalue weighted by Gasteiger charge is 2.14. The number of aryl methyl sites for hydroxylation is 1. The smallest absolute Gasteiger partial charge is 0.266 e. The Morgan fingerprint density at radius 2 is 2.04 bits per heavy atom. The van der Waals surface area contributed by atoms with E-state index in [0.29, 0.717) is 11.4 Å². The lowest BCUT2D eigenvalue weighted by atomic mass is 10.1. The summed E-state index contributed by atoms with van der Waals surface area (Å²) in [6.45, 7) is 3.89. The first-order valence-corrected chi connectivity index (χ1v) is 8.71. The minimum Gasteiger partial charge on any atom is -0.497 e. The van der Waals surface area contributed by atoms with E-state index in [-0.39, 0.29) is 5.57 Å². The Morgan fingerprint density at radius 1 is 1.21 bits per heavy atom. The molecular formula is C22H20N4O2. The monoisotopic (exact) mass is 372 g/mol. The van der Waals surface area contributed by atoms with Crippen LogP contribution < -0.4 is 10.1 Å². The lowest BCUT2D eigenvalue weighted by molar-refractivity contribution is -0.112. The summed E-state index contributed by atoms with van der Waals surface area (Å²) >= 11 is 0. The molecule has 0 aliphatic heterocycles. The van der Waals surface area contributed by atoms with Crippen molar-refractivity contribution in [2.45, 2.75) is 13.8 Å². The highest BCUT2D eigenvalue weighted by Crippen LogP contribution is 2.22. The molecule has 0 bridgehead atoms. The van der Waals surface area contributed by atoms with Crippen LogP contribution >= 0.6 is 0 Å². The number of carbonyl (C=O) groups excluding carboxylic acids is 1. The average molecular weight is 372 g/mol. The molecule has 1 amide bonds. The number of hydrogen-bond acceptors (Lipinski definition) is 4. The van der Waals surface area contributed by atoms with Gasteiger partial charge in [0.05, 0.1) is 7.11 Å². The quantitative estimate of drug-likeness (QED) is 0.541. The molecule has 3 aromatic rings. The third-order valence-corrected chi connectivity index (χ3v) is 4.34. The molecule has 28 heavy (non-hydrogen) atoms. The Kier molecular flexibility index (Phi) is 5.56. The number of nitriles is 1. The number of methoxy groups -OCH3 is 1. The van der Waals surface area contributed by atoms with Crippen molar-refractivity contribution in [1.82, 2.24) is 9.55 Å². The van der Waals surface area contributed by atoms with Crippen LogP contribution in [0.1, 0.15) is 17.0 Å². The van der Waals surface area contributed by atoms with Crippen LogP contribution in [0.5, 0.6) is 5.75 Å². The molecule has 0 atom stereocenters. The molecule has 0 fully saturated rings. The maximum Gasteiger partial charge on any atom is 0.266 e. The van der Waals surface area contributed by atoms with Crippen LogP contribution in [-0.2, 0) is 4.79 Å². The predicted octanol–water partition coefficient (Wildman–Crippen LogP) is 4.04. The van der Waals surface area contributed by atoms with Gasteiger partial charge in [-0.3, -0.25) is 4.79 Å². The van der Waals surface area contributed by atoms with Gasteiger partial charge in [0.15, 0.2) is 0 Å². The molecule has 0 spiro atoms. The summed E-state index contributed by atoms with van der Waals surface area (Å²) in [6.07, 6.45) is 3.32. The highest BCUT2D eigenvalue weighted by molar-refractivity contribution is 6.09. The van der Waals surface area contributed by atoms with Gasteiger partial charge in [-0.15, -0.1) is 0 Å². The summed E-state index contributed by atoms with van der Waals surface area (Å²) in [5.74, 6) is 0.939. The zero-order valence-electron chi connectivity index (χ0n) is 15.9. The number of nitrogens with zero attached hydrogens (tertiary/aromatic N) is 3. The first-order chi connectivity index (χ1) is 13.5. The predicted molar refractivity (Wildman–Crippen MR) is 108 cm³/mol. The number of anilines is 1. The van der Waals surface area contributed by atoms with Crippen LogP contribution in [0.2, 0.25) is 0 Å². The second-order valence-electron chi connectivity index (χ2n) is 6.21. The molecule has 0 aliphatic carbocycles. The van der Waals surface area contributed by atoms with Crippen LogP contribution in [0.4, 0.5) is 5.69 Å². The Bertz CT molecular complexity index is 1080. The van der Waals surface area contributed by atoms with Gasteiger partial charge in [0.25, 0.3) is 5.91 Å². The fourth-order valence-electron chi connectivity index (χ4n) is 2.98. The standard InChI is InChI=1S/C22H20N4O2/c1-15-11-17(16(2)26(15)21-9-4-5-10-24-21)12-18(14-23)22(27)25-19-7-6-8-20(13-19)28-3/h4-13H,1-3H3,(H,25,27)/b18-12-. The van der Waals surface area contributed by atoms with E-state index in [0.717, 1.165) is 22.8 Å². The molecule has 1 N–H and O–H groups in total. The number of nitrogens with one attached hydrogen (secondary N) is 1. The van der Waals surface area contributed by atoms with Gasteiger partial charge in [-0.05, 0) is 55.8 Å². The minimum atomic E-state index is -0.474. The van der Waals surface area contributed by atoms with E-state index >= 15 is 0 Å². The number of aromatic nitrogens is 2. The van der Waals surface area contributed by atoms with Crippen molar-refractivity contribution in [2.75, 3.05) is 12.4 Å². The van der Waals surface area contributed by atoms with Gasteiger partial charge in [-0.2, -0.15) is 5.26 Å². The molecular weight excluding hydrogens is 352 g/mol. The van der Waals surface area contributed by atoms with E-state index in [4.69, 9.17) is 4.74 Å². The molecule has 140 valence electrons. The molecule has 2 aromatic heterocycles. The van der Waals surface area contributed by atoms with Crippen LogP contribution in [0, 0.1) is 25.2 Å². The number of amides is 1. The first kappa shape index (κ1) is 18.9. The molecule has 1 aromatic carbocycles. The van der Waals surface area contributed by atoms with E-state index < -0.39 is 5.91 Å². The van der Waals surface area contributed by atoms with Crippen molar-refractivity contribution >= 4 is 17.7 Å². The zero-order valence-corrected chi connectivity index (χ0v) is 15.9. The number of carbonyl (C=O) groups is 1. The summed E-state index contributed by atoms with van der Waals surface area (Å²) in [5.41, 5.74) is 3.24. The summed E-state index contributed by atoms with van der Waals surface area (Å²) in [5, 5.41) is 12.2. The van der Waals surface area contributed by atoms with Gasteiger partial charge in [0.1, 0.15) is 23.2 Å². The Balaban J connectivity index is 1.91. The number of hydrogen-bond donors (Lipinski definition) is 1. The van der Waals surface area contributed by atoms with Crippen molar-refractivity contribution < 1.29 is 9.53 Å². The largest absolute Gasteiger partial charge is 0.497 e. The fourth-order valence-corrected chi connectivity index (χ4v) is 2.98. The SMILES string of the molecule is COc1cccc(NC(=O)/C(C#N)=C\c2cc(C)n(-c3ccccn3)c2C)c1. The third kappa shape index (κ3) is 3.94. The van der Waals surface area contributed by atoms with Gasteiger partial charge in [-0.1, -0.05) is 12.1 Å². The van der Waals surface area contributed by atoms with Gasteiger partial charge in [0, 0.05) is 29.3 Å². The highest BCUT2D eigenvalue weighted by atomic mass is 16.5. The van der Waals surface area contributed by atoms with Crippen molar-refractivity contribution in [1.29, 1.82) is 5.26 Å². The summed E-state index contributed by atoms with van der Waals surface area (Å²) in [4.78, 5) is 16.9. The van der Waals surface area contributed by atoms with Gasteiger partial charge >= 0.3 is 0 Å². The molecule has 0 saturated heterocycles. The van der Waals surface area contributed by atoms with Crippen molar-refractivity contribution in [3.8, 4) is 17.6 Å². The molecule has 3 rings (SSSR count). The van der Waals surface area contributed by atoms with Gasteiger partial charge in [0.2, 0.25) is 0 Å². The molecule has 0 radical (unpaired) electrons. The maximum absolute atomic E-state index is 12.6. The maximum atomic E-state index is 12.6. The van der Waals surface area contributed by atoms with Crippen LogP contribution in [-0.4, -0.2) is 22.6 Å². The molecule has 2 heterocycles. The zero-order chi connectivity index (χ0) is 20.1. The lowest BCUT2D eigenvalue weighted by Gasteiger charge is -2.08. The van der Waals surface area contributed by atoms with Crippen molar-refractivity contribution in [3.63, 3.8) is 0 Å². The molecule has 0 unspecified atom stereocenters. The van der Waals surface area contributed by atoms with Crippen molar-refractivity contribution in [3.05, 3.63) is 77.3 Å². The van der Waals surface area contributed by atoms with Crippen LogP contribution in [0.15, 0.2) is 60.3 Å². The molecule has 0 aliphatic rings.